The molecule has 2 unspecified atom stereocenters. The van der Waals surface area contributed by atoms with E-state index in [1.807, 2.05) is 39.1 Å². The molecular formula is C27H37N5O4. The number of aliphatic hydroxyl groups excluding tert-OH is 1. The molecule has 36 heavy (non-hydrogen) atoms. The molecule has 3 aliphatic rings. The van der Waals surface area contributed by atoms with E-state index >= 15 is 0 Å². The molecule has 2 amide bonds. The number of β-amino-alcohol motifs (C(OH)–C–C–N with tert-alkyl or cyclic N) is 1. The van der Waals surface area contributed by atoms with Crippen molar-refractivity contribution in [2.75, 3.05) is 13.7 Å². The first kappa shape index (κ1) is 24.7. The van der Waals surface area contributed by atoms with Crippen molar-refractivity contribution in [2.24, 2.45) is 5.41 Å². The van der Waals surface area contributed by atoms with Crippen LogP contribution in [-0.2, 0) is 9.59 Å². The van der Waals surface area contributed by atoms with E-state index in [0.717, 1.165) is 37.1 Å². The van der Waals surface area contributed by atoms with E-state index in [-0.39, 0.29) is 30.8 Å². The molecule has 9 heteroatoms. The van der Waals surface area contributed by atoms with Crippen molar-refractivity contribution in [3.63, 3.8) is 0 Å². The molecule has 2 saturated carbocycles. The van der Waals surface area contributed by atoms with Gasteiger partial charge in [0.15, 0.2) is 0 Å². The second-order valence-corrected chi connectivity index (χ2v) is 11.7. The summed E-state index contributed by atoms with van der Waals surface area (Å²) in [5.74, 6) is 1.27. The summed E-state index contributed by atoms with van der Waals surface area (Å²) in [6, 6.07) is 6.82. The van der Waals surface area contributed by atoms with Crippen LogP contribution in [0.2, 0.25) is 0 Å². The third-order valence-corrected chi connectivity index (χ3v) is 7.78. The van der Waals surface area contributed by atoms with Crippen molar-refractivity contribution in [3.05, 3.63) is 41.7 Å². The van der Waals surface area contributed by atoms with Crippen LogP contribution in [0.1, 0.15) is 82.0 Å². The van der Waals surface area contributed by atoms with Gasteiger partial charge in [-0.3, -0.25) is 9.59 Å². The van der Waals surface area contributed by atoms with E-state index in [1.165, 1.54) is 5.56 Å². The van der Waals surface area contributed by atoms with Gasteiger partial charge in [0.05, 0.1) is 18.9 Å². The minimum Gasteiger partial charge on any atom is -0.497 e. The molecule has 5 rings (SSSR count). The van der Waals surface area contributed by atoms with Gasteiger partial charge in [0.1, 0.15) is 17.8 Å². The highest BCUT2D eigenvalue weighted by Crippen LogP contribution is 2.41. The number of benzene rings is 1. The molecule has 0 radical (unpaired) electrons. The summed E-state index contributed by atoms with van der Waals surface area (Å²) in [6.45, 7) is 6.11. The Morgan fingerprint density at radius 3 is 2.42 bits per heavy atom. The van der Waals surface area contributed by atoms with Gasteiger partial charge in [0.25, 0.3) is 0 Å². The fourth-order valence-electron chi connectivity index (χ4n) is 5.51. The Kier molecular flexibility index (Phi) is 6.53. The maximum absolute atomic E-state index is 13.8. The van der Waals surface area contributed by atoms with Crippen LogP contribution < -0.4 is 10.1 Å². The lowest BCUT2D eigenvalue weighted by Crippen LogP contribution is -2.53. The summed E-state index contributed by atoms with van der Waals surface area (Å²) in [6.07, 6.45) is 5.32. The Balaban J connectivity index is 1.24. The first-order chi connectivity index (χ1) is 17.1. The SMILES string of the molecule is COc1ccc(C2CC(NC(=O)C3CC(O)CN3C(=O)[C@@H](n3cc(C4CC4)nn3)C(C)(C)C)C2)cc1. The third-order valence-electron chi connectivity index (χ3n) is 7.78. The number of rotatable bonds is 7. The maximum Gasteiger partial charge on any atom is 0.248 e. The summed E-state index contributed by atoms with van der Waals surface area (Å²) in [4.78, 5) is 28.7. The van der Waals surface area contributed by atoms with Crippen LogP contribution in [0.5, 0.6) is 5.75 Å². The molecule has 9 nitrogen and oxygen atoms in total. The molecule has 2 heterocycles. The molecule has 1 saturated heterocycles. The third kappa shape index (κ3) is 4.98. The minimum absolute atomic E-state index is 0.0640. The number of aromatic nitrogens is 3. The van der Waals surface area contributed by atoms with E-state index < -0.39 is 23.6 Å². The predicted molar refractivity (Wildman–Crippen MR) is 134 cm³/mol. The van der Waals surface area contributed by atoms with Crippen LogP contribution in [0.15, 0.2) is 30.5 Å². The maximum atomic E-state index is 13.8. The number of likely N-dealkylation sites (tertiary alicyclic amines) is 1. The number of ether oxygens (including phenoxy) is 1. The highest BCUT2D eigenvalue weighted by molar-refractivity contribution is 5.90. The van der Waals surface area contributed by atoms with Gasteiger partial charge >= 0.3 is 0 Å². The van der Waals surface area contributed by atoms with Crippen LogP contribution in [-0.4, -0.2) is 68.7 Å². The number of amides is 2. The second kappa shape index (κ2) is 9.50. The van der Waals surface area contributed by atoms with Crippen molar-refractivity contribution >= 4 is 11.8 Å². The Labute approximate surface area is 212 Å². The fraction of sp³-hybridized carbons (Fsp3) is 0.630. The van der Waals surface area contributed by atoms with Gasteiger partial charge in [0, 0.05) is 31.1 Å². The van der Waals surface area contributed by atoms with Gasteiger partial charge < -0.3 is 20.1 Å². The van der Waals surface area contributed by atoms with Crippen LogP contribution in [0.25, 0.3) is 0 Å². The number of carbonyl (C=O) groups excluding carboxylic acids is 2. The average Bonchev–Trinajstić information content (AvgIpc) is 3.42. The zero-order valence-corrected chi connectivity index (χ0v) is 21.6. The summed E-state index contributed by atoms with van der Waals surface area (Å²) in [5, 5.41) is 22.1. The highest BCUT2D eigenvalue weighted by atomic mass is 16.5. The predicted octanol–water partition coefficient (Wildman–Crippen LogP) is 2.78. The molecule has 3 fully saturated rings. The Morgan fingerprint density at radius 1 is 1.11 bits per heavy atom. The first-order valence-corrected chi connectivity index (χ1v) is 13.0. The lowest BCUT2D eigenvalue weighted by molar-refractivity contribution is -0.144. The van der Waals surface area contributed by atoms with E-state index in [4.69, 9.17) is 4.74 Å². The fourth-order valence-corrected chi connectivity index (χ4v) is 5.51. The number of hydrogen-bond donors (Lipinski definition) is 2. The van der Waals surface area contributed by atoms with E-state index in [9.17, 15) is 14.7 Å². The van der Waals surface area contributed by atoms with Crippen molar-refractivity contribution in [1.82, 2.24) is 25.2 Å². The van der Waals surface area contributed by atoms with Gasteiger partial charge in [-0.2, -0.15) is 0 Å². The quantitative estimate of drug-likeness (QED) is 0.611. The summed E-state index contributed by atoms with van der Waals surface area (Å²) in [5.41, 5.74) is 1.71. The number of aliphatic hydroxyl groups is 1. The topological polar surface area (TPSA) is 110 Å². The Bertz CT molecular complexity index is 1100. The van der Waals surface area contributed by atoms with Crippen LogP contribution >= 0.6 is 0 Å². The zero-order chi connectivity index (χ0) is 25.6. The second-order valence-electron chi connectivity index (χ2n) is 11.7. The molecule has 1 aromatic heterocycles. The zero-order valence-electron chi connectivity index (χ0n) is 21.6. The average molecular weight is 496 g/mol. The molecule has 1 aromatic carbocycles. The number of carbonyl (C=O) groups is 2. The minimum atomic E-state index is -0.725. The molecular weight excluding hydrogens is 458 g/mol. The van der Waals surface area contributed by atoms with Gasteiger partial charge in [0.2, 0.25) is 11.8 Å². The number of hydrogen-bond acceptors (Lipinski definition) is 6. The number of methoxy groups -OCH3 is 1. The summed E-state index contributed by atoms with van der Waals surface area (Å²) >= 11 is 0. The highest BCUT2D eigenvalue weighted by Gasteiger charge is 2.46. The molecule has 194 valence electrons. The number of nitrogens with zero attached hydrogens (tertiary/aromatic N) is 4. The van der Waals surface area contributed by atoms with E-state index in [0.29, 0.717) is 11.8 Å². The van der Waals surface area contributed by atoms with Gasteiger partial charge in [-0.15, -0.1) is 5.10 Å². The van der Waals surface area contributed by atoms with Gasteiger partial charge in [-0.05, 0) is 54.7 Å². The molecule has 0 bridgehead atoms. The molecule has 3 atom stereocenters. The van der Waals surface area contributed by atoms with Crippen molar-refractivity contribution < 1.29 is 19.4 Å². The van der Waals surface area contributed by atoms with Gasteiger partial charge in [-0.25, -0.2) is 4.68 Å². The largest absolute Gasteiger partial charge is 0.497 e. The molecule has 2 aliphatic carbocycles. The number of nitrogens with one attached hydrogen (secondary N) is 1. The summed E-state index contributed by atoms with van der Waals surface area (Å²) in [7, 11) is 1.65. The molecule has 0 spiro atoms. The van der Waals surface area contributed by atoms with Gasteiger partial charge in [-0.1, -0.05) is 38.1 Å². The lowest BCUT2D eigenvalue weighted by Gasteiger charge is -2.38. The Hall–Kier alpha value is -2.94. The molecule has 1 aliphatic heterocycles. The van der Waals surface area contributed by atoms with Crippen molar-refractivity contribution in [1.29, 1.82) is 0 Å². The van der Waals surface area contributed by atoms with Crippen molar-refractivity contribution in [3.8, 4) is 5.75 Å². The monoisotopic (exact) mass is 495 g/mol. The smallest absolute Gasteiger partial charge is 0.248 e. The first-order valence-electron chi connectivity index (χ1n) is 13.0. The van der Waals surface area contributed by atoms with Crippen molar-refractivity contribution in [2.45, 2.75) is 88.9 Å². The van der Waals surface area contributed by atoms with E-state index in [1.54, 1.807) is 16.7 Å². The lowest BCUT2D eigenvalue weighted by atomic mass is 9.76. The normalized spacial score (nSPS) is 26.9. The van der Waals surface area contributed by atoms with Crippen LogP contribution in [0.3, 0.4) is 0 Å². The van der Waals surface area contributed by atoms with E-state index in [2.05, 4.69) is 27.8 Å². The standard InChI is InChI=1S/C27H37N5O4/c1-27(2,3)24(32-15-22(29-30-32)17-5-6-17)26(35)31-14-20(33)13-23(31)25(34)28-19-11-18(12-19)16-7-9-21(36-4)10-8-16/h7-10,15,17-20,23-24,33H,5-6,11-14H2,1-4H3,(H,28,34)/t18?,19?,20?,23?,24-/m1/s1. The molecule has 2 aromatic rings. The van der Waals surface area contributed by atoms with Crippen LogP contribution in [0.4, 0.5) is 0 Å². The Morgan fingerprint density at radius 2 is 1.81 bits per heavy atom. The van der Waals surface area contributed by atoms with Crippen LogP contribution in [0, 0.1) is 5.41 Å². The molecule has 2 N–H and O–H groups in total. The summed E-state index contributed by atoms with van der Waals surface area (Å²) < 4.78 is 6.88.